The molecule has 0 N–H and O–H groups in total. The first-order chi connectivity index (χ1) is 8.20. The van der Waals surface area contributed by atoms with Gasteiger partial charge in [0.05, 0.1) is 12.7 Å². The molecule has 0 aromatic carbocycles. The fraction of sp³-hybridized carbons (Fsp3) is 0.333. The number of halogens is 6. The molecule has 0 saturated heterocycles. The minimum absolute atomic E-state index is 0.454. The summed E-state index contributed by atoms with van der Waals surface area (Å²) < 4.78 is 67.1. The molecule has 0 amide bonds. The van der Waals surface area contributed by atoms with E-state index in [9.17, 15) is 26.7 Å². The van der Waals surface area contributed by atoms with Gasteiger partial charge in [-0.1, -0.05) is 0 Å². The Balaban J connectivity index is 3.67. The van der Waals surface area contributed by atoms with Gasteiger partial charge in [0.1, 0.15) is 11.3 Å². The zero-order chi connectivity index (χ0) is 14.1. The van der Waals surface area contributed by atoms with Gasteiger partial charge in [-0.15, -0.1) is 0 Å². The summed E-state index contributed by atoms with van der Waals surface area (Å²) in [6, 6.07) is 0. The summed E-state index contributed by atoms with van der Waals surface area (Å²) in [6.07, 6.45) is -7.62. The van der Waals surface area contributed by atoms with Crippen LogP contribution in [0.2, 0.25) is 0 Å². The van der Waals surface area contributed by atoms with Gasteiger partial charge in [0, 0.05) is 9.77 Å². The molecule has 0 aliphatic heterocycles. The Labute approximate surface area is 111 Å². The second-order valence-electron chi connectivity index (χ2n) is 3.03. The van der Waals surface area contributed by atoms with Crippen molar-refractivity contribution in [3.63, 3.8) is 0 Å². The molecule has 3 nitrogen and oxygen atoms in total. The topological polar surface area (TPSA) is 39.2 Å². The quantitative estimate of drug-likeness (QED) is 0.448. The summed E-state index contributed by atoms with van der Waals surface area (Å²) in [4.78, 5) is 14.4. The smallest absolute Gasteiger partial charge is 0.418 e. The molecule has 0 bridgehead atoms. The predicted molar refractivity (Wildman–Crippen MR) is 58.3 cm³/mol. The maximum Gasteiger partial charge on any atom is 0.418 e. The van der Waals surface area contributed by atoms with Gasteiger partial charge >= 0.3 is 12.1 Å². The Kier molecular flexibility index (Phi) is 4.46. The molecule has 0 unspecified atom stereocenters. The summed E-state index contributed by atoms with van der Waals surface area (Å²) in [5, 5.41) is 0. The minimum atomic E-state index is -4.95. The lowest BCUT2D eigenvalue weighted by Crippen LogP contribution is -2.20. The van der Waals surface area contributed by atoms with Crippen LogP contribution in [0.4, 0.5) is 22.0 Å². The number of pyridine rings is 1. The fourth-order valence-electron chi connectivity index (χ4n) is 1.25. The van der Waals surface area contributed by atoms with Crippen LogP contribution in [-0.2, 0) is 10.9 Å². The van der Waals surface area contributed by atoms with E-state index in [0.29, 0.717) is 6.20 Å². The van der Waals surface area contributed by atoms with Crippen LogP contribution in [0.15, 0.2) is 6.20 Å². The van der Waals surface area contributed by atoms with E-state index < -0.39 is 39.0 Å². The number of methoxy groups -OCH3 is 1. The number of carbonyl (C=O) groups excluding carboxylic acids is 1. The van der Waals surface area contributed by atoms with Crippen molar-refractivity contribution in [3.05, 3.63) is 26.6 Å². The van der Waals surface area contributed by atoms with Crippen molar-refractivity contribution in [2.24, 2.45) is 0 Å². The molecule has 0 fully saturated rings. The second-order valence-corrected chi connectivity index (χ2v) is 4.19. The van der Waals surface area contributed by atoms with Gasteiger partial charge in [-0.25, -0.2) is 13.6 Å². The van der Waals surface area contributed by atoms with Crippen LogP contribution < -0.4 is 0 Å². The first-order valence-corrected chi connectivity index (χ1v) is 5.40. The fourth-order valence-corrected chi connectivity index (χ4v) is 1.97. The molecule has 1 rings (SSSR count). The number of carbonyl (C=O) groups is 1. The molecule has 1 aromatic heterocycles. The number of aromatic nitrogens is 1. The van der Waals surface area contributed by atoms with Crippen LogP contribution in [0, 0.1) is 3.57 Å². The predicted octanol–water partition coefficient (Wildman–Crippen LogP) is 3.43. The number of hydrogen-bond donors (Lipinski definition) is 0. The Morgan fingerprint density at radius 3 is 2.39 bits per heavy atom. The van der Waals surface area contributed by atoms with Gasteiger partial charge < -0.3 is 4.74 Å². The van der Waals surface area contributed by atoms with E-state index in [1.807, 2.05) is 0 Å². The standard InChI is InChI=1S/C9H5F5INO2/c1-18-8(17)4-5(9(12,13)14)3(15)2-16-6(4)7(10)11/h2,7H,1H3. The molecular formula is C9H5F5INO2. The average Bonchev–Trinajstić information content (AvgIpc) is 2.25. The first-order valence-electron chi connectivity index (χ1n) is 4.32. The van der Waals surface area contributed by atoms with Gasteiger partial charge in [-0.3, -0.25) is 4.98 Å². The normalized spacial score (nSPS) is 11.8. The number of hydrogen-bond acceptors (Lipinski definition) is 3. The minimum Gasteiger partial charge on any atom is -0.465 e. The maximum absolute atomic E-state index is 12.8. The lowest BCUT2D eigenvalue weighted by molar-refractivity contribution is -0.139. The maximum atomic E-state index is 12.8. The van der Waals surface area contributed by atoms with Crippen molar-refractivity contribution < 1.29 is 31.5 Å². The lowest BCUT2D eigenvalue weighted by atomic mass is 10.1. The number of nitrogens with zero attached hydrogens (tertiary/aromatic N) is 1. The van der Waals surface area contributed by atoms with E-state index in [-0.39, 0.29) is 0 Å². The van der Waals surface area contributed by atoms with Gasteiger partial charge in [0.15, 0.2) is 0 Å². The third-order valence-electron chi connectivity index (χ3n) is 1.94. The molecule has 0 atom stereocenters. The van der Waals surface area contributed by atoms with Crippen LogP contribution in [0.25, 0.3) is 0 Å². The van der Waals surface area contributed by atoms with Gasteiger partial charge in [-0.2, -0.15) is 13.2 Å². The molecule has 0 aliphatic rings. The van der Waals surface area contributed by atoms with E-state index in [0.717, 1.165) is 7.11 Å². The molecule has 1 aromatic rings. The number of esters is 1. The van der Waals surface area contributed by atoms with Gasteiger partial charge in [0.25, 0.3) is 6.43 Å². The molecule has 1 heterocycles. The van der Waals surface area contributed by atoms with E-state index in [1.165, 1.54) is 22.6 Å². The Hall–Kier alpha value is -1.00. The van der Waals surface area contributed by atoms with Crippen LogP contribution in [-0.4, -0.2) is 18.1 Å². The monoisotopic (exact) mass is 381 g/mol. The van der Waals surface area contributed by atoms with Crippen molar-refractivity contribution in [2.75, 3.05) is 7.11 Å². The molecule has 9 heteroatoms. The highest BCUT2D eigenvalue weighted by molar-refractivity contribution is 14.1. The summed E-state index contributed by atoms with van der Waals surface area (Å²) in [7, 11) is 0.803. The van der Waals surface area contributed by atoms with E-state index in [2.05, 4.69) is 9.72 Å². The van der Waals surface area contributed by atoms with Crippen molar-refractivity contribution >= 4 is 28.6 Å². The molecule has 0 spiro atoms. The molecule has 18 heavy (non-hydrogen) atoms. The van der Waals surface area contributed by atoms with Crippen molar-refractivity contribution in [1.29, 1.82) is 0 Å². The van der Waals surface area contributed by atoms with Crippen molar-refractivity contribution in [2.45, 2.75) is 12.6 Å². The van der Waals surface area contributed by atoms with Crippen LogP contribution in [0.5, 0.6) is 0 Å². The summed E-state index contributed by atoms with van der Waals surface area (Å²) in [6.45, 7) is 0. The zero-order valence-electron chi connectivity index (χ0n) is 8.69. The molecular weight excluding hydrogens is 376 g/mol. The third-order valence-corrected chi connectivity index (χ3v) is 2.76. The van der Waals surface area contributed by atoms with E-state index in [1.54, 1.807) is 0 Å². The Morgan fingerprint density at radius 1 is 1.44 bits per heavy atom. The highest BCUT2D eigenvalue weighted by atomic mass is 127. The van der Waals surface area contributed by atoms with Crippen LogP contribution in [0.1, 0.15) is 28.0 Å². The van der Waals surface area contributed by atoms with E-state index in [4.69, 9.17) is 0 Å². The van der Waals surface area contributed by atoms with Gasteiger partial charge in [0.2, 0.25) is 0 Å². The highest BCUT2D eigenvalue weighted by Gasteiger charge is 2.41. The SMILES string of the molecule is COC(=O)c1c(C(F)F)ncc(I)c1C(F)(F)F. The summed E-state index contributed by atoms with van der Waals surface area (Å²) >= 11 is 1.27. The highest BCUT2D eigenvalue weighted by Crippen LogP contribution is 2.38. The first kappa shape index (κ1) is 15.1. The third kappa shape index (κ3) is 2.87. The molecule has 0 radical (unpaired) electrons. The van der Waals surface area contributed by atoms with Crippen molar-refractivity contribution in [1.82, 2.24) is 4.98 Å². The van der Waals surface area contributed by atoms with Crippen LogP contribution >= 0.6 is 22.6 Å². The zero-order valence-corrected chi connectivity index (χ0v) is 10.8. The molecule has 0 saturated carbocycles. The molecule has 0 aliphatic carbocycles. The summed E-state index contributed by atoms with van der Waals surface area (Å²) in [5.74, 6) is -1.50. The van der Waals surface area contributed by atoms with Crippen LogP contribution in [0.3, 0.4) is 0 Å². The van der Waals surface area contributed by atoms with Crippen molar-refractivity contribution in [3.8, 4) is 0 Å². The largest absolute Gasteiger partial charge is 0.465 e. The molecule has 100 valence electrons. The van der Waals surface area contributed by atoms with E-state index >= 15 is 0 Å². The lowest BCUT2D eigenvalue weighted by Gasteiger charge is -2.15. The number of alkyl halides is 5. The second kappa shape index (κ2) is 5.33. The number of ether oxygens (including phenoxy) is 1. The Morgan fingerprint density at radius 2 is 2.00 bits per heavy atom. The average molecular weight is 381 g/mol. The Bertz CT molecular complexity index is 475. The number of rotatable bonds is 2. The van der Waals surface area contributed by atoms with Gasteiger partial charge in [-0.05, 0) is 22.6 Å². The summed E-state index contributed by atoms with van der Waals surface area (Å²) in [5.41, 5.74) is -3.94.